The van der Waals surface area contributed by atoms with Gasteiger partial charge in [0.05, 0.1) is 30.1 Å². The second-order valence-corrected chi connectivity index (χ2v) is 9.36. The molecule has 0 radical (unpaired) electrons. The second-order valence-electron chi connectivity index (χ2n) is 9.36. The van der Waals surface area contributed by atoms with Crippen molar-refractivity contribution >= 4 is 11.8 Å². The molecule has 2 aliphatic rings. The molecule has 1 unspecified atom stereocenters. The molecule has 1 aliphatic heterocycles. The summed E-state index contributed by atoms with van der Waals surface area (Å²) in [7, 11) is 0. The standard InChI is InChI=1S/C30H30O4/c1-2-33-29(32)30(16-6-7-17-30)25-14-15-26-27(19-25)34-20-24(28(26)31)18-21-10-12-23(13-11-21)22-8-4-3-5-9-22/h3-5,8-15,19,24H,2,6-7,16-18,20H2,1H3. The van der Waals surface area contributed by atoms with Crippen LogP contribution in [0.1, 0.15) is 54.1 Å². The zero-order chi connectivity index (χ0) is 23.5. The molecule has 4 heteroatoms. The third-order valence-corrected chi connectivity index (χ3v) is 7.28. The number of Topliss-reactive ketones (excluding diaryl/α,β-unsaturated/α-hetero) is 1. The number of ketones is 1. The molecule has 34 heavy (non-hydrogen) atoms. The van der Waals surface area contributed by atoms with Crippen LogP contribution >= 0.6 is 0 Å². The van der Waals surface area contributed by atoms with Gasteiger partial charge < -0.3 is 9.47 Å². The van der Waals surface area contributed by atoms with Crippen molar-refractivity contribution in [3.63, 3.8) is 0 Å². The van der Waals surface area contributed by atoms with Crippen LogP contribution < -0.4 is 4.74 Å². The zero-order valence-corrected chi connectivity index (χ0v) is 19.6. The van der Waals surface area contributed by atoms with Gasteiger partial charge in [-0.15, -0.1) is 0 Å². The van der Waals surface area contributed by atoms with Gasteiger partial charge >= 0.3 is 5.97 Å². The van der Waals surface area contributed by atoms with Crippen LogP contribution in [0.4, 0.5) is 0 Å². The molecule has 1 saturated carbocycles. The average molecular weight is 455 g/mol. The molecule has 0 spiro atoms. The van der Waals surface area contributed by atoms with E-state index in [1.54, 1.807) is 0 Å². The van der Waals surface area contributed by atoms with Crippen molar-refractivity contribution in [3.8, 4) is 16.9 Å². The summed E-state index contributed by atoms with van der Waals surface area (Å²) in [6.45, 7) is 2.56. The molecule has 1 heterocycles. The molecular weight excluding hydrogens is 424 g/mol. The van der Waals surface area contributed by atoms with Crippen LogP contribution in [0.3, 0.4) is 0 Å². The number of hydrogen-bond donors (Lipinski definition) is 0. The Bertz CT molecular complexity index is 1170. The highest BCUT2D eigenvalue weighted by Gasteiger charge is 2.45. The fraction of sp³-hybridized carbons (Fsp3) is 0.333. The lowest BCUT2D eigenvalue weighted by atomic mass is 9.77. The molecular formula is C30H30O4. The van der Waals surface area contributed by atoms with Gasteiger partial charge in [0, 0.05) is 0 Å². The third-order valence-electron chi connectivity index (χ3n) is 7.28. The normalized spacial score (nSPS) is 18.7. The van der Waals surface area contributed by atoms with E-state index in [4.69, 9.17) is 9.47 Å². The van der Waals surface area contributed by atoms with E-state index in [9.17, 15) is 9.59 Å². The summed E-state index contributed by atoms with van der Waals surface area (Å²) in [5.74, 6) is 0.322. The quantitative estimate of drug-likeness (QED) is 0.419. The van der Waals surface area contributed by atoms with Crippen LogP contribution in [-0.4, -0.2) is 25.0 Å². The van der Waals surface area contributed by atoms with E-state index in [0.29, 0.717) is 30.9 Å². The number of benzene rings is 3. The van der Waals surface area contributed by atoms with Gasteiger partial charge in [0.1, 0.15) is 5.75 Å². The van der Waals surface area contributed by atoms with Crippen LogP contribution in [0, 0.1) is 5.92 Å². The maximum Gasteiger partial charge on any atom is 0.316 e. The van der Waals surface area contributed by atoms with Gasteiger partial charge in [-0.05, 0) is 60.6 Å². The van der Waals surface area contributed by atoms with E-state index in [0.717, 1.165) is 42.4 Å². The Balaban J connectivity index is 1.33. The third kappa shape index (κ3) is 4.13. The number of fused-ring (bicyclic) bond motifs is 1. The number of carbonyl (C=O) groups excluding carboxylic acids is 2. The van der Waals surface area contributed by atoms with E-state index in [1.807, 2.05) is 43.3 Å². The number of ether oxygens (including phenoxy) is 2. The van der Waals surface area contributed by atoms with Gasteiger partial charge in [0.15, 0.2) is 5.78 Å². The van der Waals surface area contributed by atoms with Crippen molar-refractivity contribution in [1.29, 1.82) is 0 Å². The van der Waals surface area contributed by atoms with Gasteiger partial charge in [-0.1, -0.05) is 73.5 Å². The number of esters is 1. The van der Waals surface area contributed by atoms with Crippen molar-refractivity contribution in [2.75, 3.05) is 13.2 Å². The van der Waals surface area contributed by atoms with Crippen LogP contribution in [-0.2, 0) is 21.4 Å². The van der Waals surface area contributed by atoms with E-state index >= 15 is 0 Å². The molecule has 0 aromatic heterocycles. The maximum absolute atomic E-state index is 13.3. The minimum Gasteiger partial charge on any atom is -0.492 e. The highest BCUT2D eigenvalue weighted by atomic mass is 16.5. The maximum atomic E-state index is 13.3. The first-order chi connectivity index (χ1) is 16.6. The monoisotopic (exact) mass is 454 g/mol. The Morgan fingerprint density at radius 3 is 2.38 bits per heavy atom. The Morgan fingerprint density at radius 2 is 1.68 bits per heavy atom. The molecule has 174 valence electrons. The summed E-state index contributed by atoms with van der Waals surface area (Å²) in [5, 5.41) is 0. The summed E-state index contributed by atoms with van der Waals surface area (Å²) in [6.07, 6.45) is 4.20. The first-order valence-corrected chi connectivity index (χ1v) is 12.2. The van der Waals surface area contributed by atoms with E-state index in [2.05, 4.69) is 36.4 Å². The summed E-state index contributed by atoms with van der Waals surface area (Å²) in [5.41, 5.74) is 4.36. The minimum absolute atomic E-state index is 0.108. The lowest BCUT2D eigenvalue weighted by Crippen LogP contribution is -2.35. The van der Waals surface area contributed by atoms with Gasteiger partial charge in [-0.25, -0.2) is 0 Å². The van der Waals surface area contributed by atoms with Gasteiger partial charge in [0.2, 0.25) is 0 Å². The largest absolute Gasteiger partial charge is 0.492 e. The molecule has 3 aromatic rings. The number of carbonyl (C=O) groups is 2. The smallest absolute Gasteiger partial charge is 0.316 e. The molecule has 1 fully saturated rings. The molecule has 0 saturated heterocycles. The fourth-order valence-electron chi connectivity index (χ4n) is 5.39. The van der Waals surface area contributed by atoms with Crippen LogP contribution in [0.2, 0.25) is 0 Å². The molecule has 0 N–H and O–H groups in total. The Kier molecular flexibility index (Phi) is 6.23. The van der Waals surface area contributed by atoms with E-state index < -0.39 is 5.41 Å². The van der Waals surface area contributed by atoms with Crippen molar-refractivity contribution in [2.45, 2.75) is 44.4 Å². The van der Waals surface area contributed by atoms with Crippen LogP contribution in [0.15, 0.2) is 72.8 Å². The second kappa shape index (κ2) is 9.46. The summed E-state index contributed by atoms with van der Waals surface area (Å²) >= 11 is 0. The van der Waals surface area contributed by atoms with Crippen molar-refractivity contribution < 1.29 is 19.1 Å². The van der Waals surface area contributed by atoms with Gasteiger partial charge in [-0.2, -0.15) is 0 Å². The van der Waals surface area contributed by atoms with Crippen molar-refractivity contribution in [2.24, 2.45) is 5.92 Å². The lowest BCUT2D eigenvalue weighted by molar-refractivity contribution is -0.150. The predicted molar refractivity (Wildman–Crippen MR) is 132 cm³/mol. The Hall–Kier alpha value is -3.40. The van der Waals surface area contributed by atoms with Gasteiger partial charge in [0.25, 0.3) is 0 Å². The molecule has 3 aromatic carbocycles. The average Bonchev–Trinajstić information content (AvgIpc) is 3.38. The Labute approximate surface area is 200 Å². The molecule has 0 bridgehead atoms. The highest BCUT2D eigenvalue weighted by Crippen LogP contribution is 2.44. The topological polar surface area (TPSA) is 52.6 Å². The minimum atomic E-state index is -0.616. The van der Waals surface area contributed by atoms with Crippen molar-refractivity contribution in [1.82, 2.24) is 0 Å². The SMILES string of the molecule is CCOC(=O)C1(c2ccc3c(c2)OCC(Cc2ccc(-c4ccccc4)cc2)C3=O)CCCC1. The summed E-state index contributed by atoms with van der Waals surface area (Å²) in [4.78, 5) is 26.1. The lowest BCUT2D eigenvalue weighted by Gasteiger charge is -2.30. The highest BCUT2D eigenvalue weighted by molar-refractivity contribution is 6.01. The number of rotatable bonds is 6. The number of hydrogen-bond acceptors (Lipinski definition) is 4. The molecule has 0 amide bonds. The predicted octanol–water partition coefficient (Wildman–Crippen LogP) is 6.16. The van der Waals surface area contributed by atoms with Crippen molar-refractivity contribution in [3.05, 3.63) is 89.5 Å². The first-order valence-electron chi connectivity index (χ1n) is 12.2. The molecule has 5 rings (SSSR count). The van der Waals surface area contributed by atoms with E-state index in [-0.39, 0.29) is 17.7 Å². The summed E-state index contributed by atoms with van der Waals surface area (Å²) in [6, 6.07) is 24.3. The van der Waals surface area contributed by atoms with Crippen LogP contribution in [0.5, 0.6) is 5.75 Å². The summed E-state index contributed by atoms with van der Waals surface area (Å²) < 4.78 is 11.5. The Morgan fingerprint density at radius 1 is 0.971 bits per heavy atom. The van der Waals surface area contributed by atoms with Gasteiger partial charge in [-0.3, -0.25) is 9.59 Å². The molecule has 1 atom stereocenters. The van der Waals surface area contributed by atoms with Crippen LogP contribution in [0.25, 0.3) is 11.1 Å². The zero-order valence-electron chi connectivity index (χ0n) is 19.6. The molecule has 1 aliphatic carbocycles. The first kappa shape index (κ1) is 22.4. The molecule has 4 nitrogen and oxygen atoms in total. The van der Waals surface area contributed by atoms with E-state index in [1.165, 1.54) is 5.56 Å². The fourth-order valence-corrected chi connectivity index (χ4v) is 5.39.